The van der Waals surface area contributed by atoms with E-state index < -0.39 is 11.9 Å². The van der Waals surface area contributed by atoms with Crippen LogP contribution >= 0.6 is 35.3 Å². The van der Waals surface area contributed by atoms with E-state index in [0.717, 1.165) is 16.7 Å². The molecule has 4 nitrogen and oxygen atoms in total. The SMILES string of the molecule is CC(C)(C)NC(N)=NCc1nc(C(F)(F)F)cs1.I. The molecular formula is C10H16F3IN4S. The molecule has 0 aromatic carbocycles. The predicted octanol–water partition coefficient (Wildman–Crippen LogP) is 2.98. The van der Waals surface area contributed by atoms with Crippen molar-refractivity contribution in [3.63, 3.8) is 0 Å². The van der Waals surface area contributed by atoms with Crippen molar-refractivity contribution < 1.29 is 13.2 Å². The van der Waals surface area contributed by atoms with Crippen molar-refractivity contribution in [3.05, 3.63) is 16.1 Å². The molecule has 1 aromatic heterocycles. The summed E-state index contributed by atoms with van der Waals surface area (Å²) >= 11 is 0.915. The molecule has 0 saturated heterocycles. The van der Waals surface area contributed by atoms with Gasteiger partial charge in [-0.1, -0.05) is 0 Å². The van der Waals surface area contributed by atoms with Gasteiger partial charge in [0, 0.05) is 10.9 Å². The van der Waals surface area contributed by atoms with E-state index in [1.54, 1.807) is 0 Å². The first-order chi connectivity index (χ1) is 8.08. The highest BCUT2D eigenvalue weighted by Gasteiger charge is 2.33. The van der Waals surface area contributed by atoms with Gasteiger partial charge in [0.2, 0.25) is 0 Å². The minimum atomic E-state index is -4.41. The Labute approximate surface area is 130 Å². The molecule has 0 aliphatic rings. The summed E-state index contributed by atoms with van der Waals surface area (Å²) in [7, 11) is 0. The molecule has 0 unspecified atom stereocenters. The largest absolute Gasteiger partial charge is 0.434 e. The van der Waals surface area contributed by atoms with Gasteiger partial charge < -0.3 is 11.1 Å². The summed E-state index contributed by atoms with van der Waals surface area (Å²) in [6, 6.07) is 0. The Bertz CT molecular complexity index is 437. The molecule has 0 spiro atoms. The Morgan fingerprint density at radius 2 is 2.00 bits per heavy atom. The fourth-order valence-corrected chi connectivity index (χ4v) is 1.81. The Kier molecular flexibility index (Phi) is 6.52. The van der Waals surface area contributed by atoms with E-state index >= 15 is 0 Å². The van der Waals surface area contributed by atoms with Crippen molar-refractivity contribution in [2.45, 2.75) is 39.0 Å². The Hall–Kier alpha value is -0.580. The summed E-state index contributed by atoms with van der Waals surface area (Å²) in [6.07, 6.45) is -4.41. The molecule has 0 aliphatic heterocycles. The van der Waals surface area contributed by atoms with Crippen LogP contribution in [0.25, 0.3) is 0 Å². The van der Waals surface area contributed by atoms with E-state index in [-0.39, 0.29) is 47.0 Å². The van der Waals surface area contributed by atoms with Crippen LogP contribution in [0.2, 0.25) is 0 Å². The summed E-state index contributed by atoms with van der Waals surface area (Å²) in [5.74, 6) is 0.186. The number of guanidine groups is 1. The first kappa shape index (κ1) is 18.4. The second-order valence-electron chi connectivity index (χ2n) is 4.70. The Balaban J connectivity index is 0.00000324. The van der Waals surface area contributed by atoms with Crippen molar-refractivity contribution in [1.29, 1.82) is 0 Å². The number of nitrogens with two attached hydrogens (primary N) is 1. The minimum absolute atomic E-state index is 0. The molecule has 19 heavy (non-hydrogen) atoms. The zero-order valence-electron chi connectivity index (χ0n) is 10.7. The Morgan fingerprint density at radius 1 is 1.42 bits per heavy atom. The monoisotopic (exact) mass is 408 g/mol. The van der Waals surface area contributed by atoms with E-state index in [2.05, 4.69) is 15.3 Å². The molecule has 0 amide bonds. The van der Waals surface area contributed by atoms with Gasteiger partial charge in [0.15, 0.2) is 11.7 Å². The average molecular weight is 408 g/mol. The normalized spacial score (nSPS) is 13.1. The molecule has 1 aromatic rings. The quantitative estimate of drug-likeness (QED) is 0.450. The van der Waals surface area contributed by atoms with Gasteiger partial charge in [-0.3, -0.25) is 0 Å². The van der Waals surface area contributed by atoms with Gasteiger partial charge in [0.1, 0.15) is 5.01 Å². The second kappa shape index (κ2) is 6.73. The van der Waals surface area contributed by atoms with Crippen LogP contribution in [0.15, 0.2) is 10.4 Å². The number of nitrogens with one attached hydrogen (secondary N) is 1. The topological polar surface area (TPSA) is 63.3 Å². The molecule has 0 aliphatic carbocycles. The highest BCUT2D eigenvalue weighted by Crippen LogP contribution is 2.30. The van der Waals surface area contributed by atoms with Crippen LogP contribution < -0.4 is 11.1 Å². The summed E-state index contributed by atoms with van der Waals surface area (Å²) in [5, 5.41) is 4.16. The third kappa shape index (κ3) is 6.95. The number of hydrogen-bond donors (Lipinski definition) is 2. The number of hydrogen-bond acceptors (Lipinski definition) is 3. The van der Waals surface area contributed by atoms with Crippen molar-refractivity contribution >= 4 is 41.3 Å². The molecular weight excluding hydrogens is 392 g/mol. The van der Waals surface area contributed by atoms with E-state index in [1.807, 2.05) is 20.8 Å². The molecule has 1 rings (SSSR count). The summed E-state index contributed by atoms with van der Waals surface area (Å²) < 4.78 is 36.9. The number of aliphatic imine (C=N–C) groups is 1. The molecule has 0 bridgehead atoms. The lowest BCUT2D eigenvalue weighted by Crippen LogP contribution is -2.44. The first-order valence-electron chi connectivity index (χ1n) is 5.17. The number of thiazole rings is 1. The van der Waals surface area contributed by atoms with E-state index in [9.17, 15) is 13.2 Å². The lowest BCUT2D eigenvalue weighted by atomic mass is 10.1. The lowest BCUT2D eigenvalue weighted by Gasteiger charge is -2.20. The zero-order chi connectivity index (χ0) is 14.0. The number of halogens is 4. The van der Waals surface area contributed by atoms with E-state index in [1.165, 1.54) is 0 Å². The highest BCUT2D eigenvalue weighted by molar-refractivity contribution is 14.0. The molecule has 9 heteroatoms. The third-order valence-electron chi connectivity index (χ3n) is 1.73. The van der Waals surface area contributed by atoms with Crippen LogP contribution in [0.4, 0.5) is 13.2 Å². The molecule has 1 heterocycles. The summed E-state index contributed by atoms with van der Waals surface area (Å²) in [5.41, 5.74) is 4.46. The molecule has 110 valence electrons. The predicted molar refractivity (Wildman–Crippen MR) is 80.7 cm³/mol. The Morgan fingerprint density at radius 3 is 2.42 bits per heavy atom. The van der Waals surface area contributed by atoms with Gasteiger partial charge in [0.25, 0.3) is 0 Å². The maximum absolute atomic E-state index is 12.3. The first-order valence-corrected chi connectivity index (χ1v) is 6.05. The van der Waals surface area contributed by atoms with Gasteiger partial charge in [-0.2, -0.15) is 13.2 Å². The molecule has 0 fully saturated rings. The van der Waals surface area contributed by atoms with Crippen LogP contribution in [0.1, 0.15) is 31.5 Å². The zero-order valence-corrected chi connectivity index (χ0v) is 13.9. The maximum Gasteiger partial charge on any atom is 0.434 e. The summed E-state index contributed by atoms with van der Waals surface area (Å²) in [6.45, 7) is 5.75. The van der Waals surface area contributed by atoms with Gasteiger partial charge >= 0.3 is 6.18 Å². The van der Waals surface area contributed by atoms with E-state index in [0.29, 0.717) is 0 Å². The van der Waals surface area contributed by atoms with Gasteiger partial charge in [-0.05, 0) is 20.8 Å². The molecule has 0 saturated carbocycles. The second-order valence-corrected chi connectivity index (χ2v) is 5.64. The minimum Gasteiger partial charge on any atom is -0.370 e. The van der Waals surface area contributed by atoms with Crippen LogP contribution in [-0.4, -0.2) is 16.5 Å². The van der Waals surface area contributed by atoms with Crippen molar-refractivity contribution in [2.75, 3.05) is 0 Å². The average Bonchev–Trinajstić information content (AvgIpc) is 2.59. The van der Waals surface area contributed by atoms with Crippen molar-refractivity contribution in [3.8, 4) is 0 Å². The smallest absolute Gasteiger partial charge is 0.370 e. The molecule has 3 N–H and O–H groups in total. The van der Waals surface area contributed by atoms with Gasteiger partial charge in [-0.15, -0.1) is 35.3 Å². The number of aromatic nitrogens is 1. The number of nitrogens with zero attached hydrogens (tertiary/aromatic N) is 2. The lowest BCUT2D eigenvalue weighted by molar-refractivity contribution is -0.140. The van der Waals surface area contributed by atoms with E-state index in [4.69, 9.17) is 5.73 Å². The number of alkyl halides is 3. The summed E-state index contributed by atoms with van der Waals surface area (Å²) in [4.78, 5) is 7.39. The fraction of sp³-hybridized carbons (Fsp3) is 0.600. The van der Waals surface area contributed by atoms with Crippen LogP contribution in [0.3, 0.4) is 0 Å². The number of rotatable bonds is 2. The fourth-order valence-electron chi connectivity index (χ4n) is 1.09. The van der Waals surface area contributed by atoms with Gasteiger partial charge in [-0.25, -0.2) is 9.98 Å². The maximum atomic E-state index is 12.3. The standard InChI is InChI=1S/C10H15F3N4S.HI/c1-9(2,3)17-8(14)15-4-7-16-6(5-18-7)10(11,12)13;/h5H,4H2,1-3H3,(H3,14,15,17);1H. The van der Waals surface area contributed by atoms with Crippen LogP contribution in [0.5, 0.6) is 0 Å². The van der Waals surface area contributed by atoms with Crippen LogP contribution in [-0.2, 0) is 12.7 Å². The third-order valence-corrected chi connectivity index (χ3v) is 2.56. The highest BCUT2D eigenvalue weighted by atomic mass is 127. The molecule has 0 radical (unpaired) electrons. The molecule has 0 atom stereocenters. The van der Waals surface area contributed by atoms with Crippen molar-refractivity contribution in [1.82, 2.24) is 10.3 Å². The van der Waals surface area contributed by atoms with Gasteiger partial charge in [0.05, 0.1) is 6.54 Å². The van der Waals surface area contributed by atoms with Crippen LogP contribution in [0, 0.1) is 0 Å². The van der Waals surface area contributed by atoms with Crippen molar-refractivity contribution in [2.24, 2.45) is 10.7 Å².